The summed E-state index contributed by atoms with van der Waals surface area (Å²) in [4.78, 5) is 17.5. The van der Waals surface area contributed by atoms with Crippen LogP contribution in [-0.4, -0.2) is 32.2 Å². The number of para-hydroxylation sites is 1. The predicted molar refractivity (Wildman–Crippen MR) is 129 cm³/mol. The minimum Gasteiger partial charge on any atom is -0.496 e. The van der Waals surface area contributed by atoms with Crippen molar-refractivity contribution in [1.29, 1.82) is 0 Å². The largest absolute Gasteiger partial charge is 0.496 e. The average Bonchev–Trinajstić information content (AvgIpc) is 3.57. The minimum absolute atomic E-state index is 0.136. The number of nitrogens with one attached hydrogen (secondary N) is 1. The van der Waals surface area contributed by atoms with Crippen LogP contribution < -0.4 is 10.1 Å². The number of nitrogens with zero attached hydrogens (tertiary/aromatic N) is 1. The fraction of sp³-hybridized carbons (Fsp3) is 0.308. The molecule has 1 aliphatic carbocycles. The molecule has 172 valence electrons. The van der Waals surface area contributed by atoms with Gasteiger partial charge in [-0.2, -0.15) is 0 Å². The molecule has 0 atom stereocenters. The van der Waals surface area contributed by atoms with Crippen LogP contribution in [0, 0.1) is 19.8 Å². The average molecular weight is 465 g/mol. The van der Waals surface area contributed by atoms with E-state index in [1.54, 1.807) is 31.4 Å². The van der Waals surface area contributed by atoms with Crippen LogP contribution in [-0.2, 0) is 21.1 Å². The Kier molecular flexibility index (Phi) is 6.51. The number of methoxy groups -OCH3 is 1. The molecule has 0 bridgehead atoms. The monoisotopic (exact) mass is 464 g/mol. The van der Waals surface area contributed by atoms with E-state index in [0.717, 1.165) is 46.5 Å². The summed E-state index contributed by atoms with van der Waals surface area (Å²) in [7, 11) is -1.61. The van der Waals surface area contributed by atoms with E-state index >= 15 is 0 Å². The third kappa shape index (κ3) is 5.42. The number of aryl methyl sites for hydroxylation is 2. The number of sulfone groups is 1. The Balaban J connectivity index is 1.45. The molecule has 4 rings (SSSR count). The van der Waals surface area contributed by atoms with E-state index in [-0.39, 0.29) is 18.1 Å². The Hall–Kier alpha value is -3.19. The van der Waals surface area contributed by atoms with Crippen molar-refractivity contribution >= 4 is 21.6 Å². The van der Waals surface area contributed by atoms with Crippen LogP contribution in [0.1, 0.15) is 29.7 Å². The van der Waals surface area contributed by atoms with Crippen LogP contribution in [0.4, 0.5) is 5.82 Å². The molecular formula is C26H28N2O4S. The molecule has 1 fully saturated rings. The molecule has 1 N–H and O–H groups in total. The second kappa shape index (κ2) is 9.35. The van der Waals surface area contributed by atoms with Gasteiger partial charge in [-0.15, -0.1) is 0 Å². The van der Waals surface area contributed by atoms with Gasteiger partial charge in [0.25, 0.3) is 0 Å². The quantitative estimate of drug-likeness (QED) is 0.520. The summed E-state index contributed by atoms with van der Waals surface area (Å²) in [6.45, 7) is 3.89. The van der Waals surface area contributed by atoms with E-state index in [4.69, 9.17) is 4.74 Å². The van der Waals surface area contributed by atoms with Gasteiger partial charge in [-0.25, -0.2) is 13.4 Å². The Morgan fingerprint density at radius 3 is 2.42 bits per heavy atom. The molecule has 7 heteroatoms. The van der Waals surface area contributed by atoms with Gasteiger partial charge in [-0.1, -0.05) is 30.3 Å². The number of hydrogen-bond acceptors (Lipinski definition) is 5. The Bertz CT molecular complexity index is 1260. The Labute approximate surface area is 194 Å². The molecule has 1 aromatic heterocycles. The number of carbonyl (C=O) groups excluding carboxylic acids is 1. The van der Waals surface area contributed by atoms with E-state index < -0.39 is 9.84 Å². The lowest BCUT2D eigenvalue weighted by atomic mass is 9.98. The van der Waals surface area contributed by atoms with E-state index in [0.29, 0.717) is 16.6 Å². The lowest BCUT2D eigenvalue weighted by Crippen LogP contribution is -2.16. The van der Waals surface area contributed by atoms with Crippen molar-refractivity contribution < 1.29 is 17.9 Å². The molecule has 1 saturated carbocycles. The number of amides is 1. The van der Waals surface area contributed by atoms with Crippen LogP contribution in [0.5, 0.6) is 5.75 Å². The van der Waals surface area contributed by atoms with Crippen molar-refractivity contribution in [1.82, 2.24) is 4.98 Å². The zero-order chi connectivity index (χ0) is 23.6. The van der Waals surface area contributed by atoms with E-state index in [1.807, 2.05) is 44.2 Å². The molecule has 33 heavy (non-hydrogen) atoms. The van der Waals surface area contributed by atoms with Crippen molar-refractivity contribution in [3.05, 3.63) is 71.4 Å². The standard InChI is InChI=1S/C26H28N2O4S/c1-17-14-24(27-18(2)26(17)22-6-4-5-7-23(22)32-3)28-25(29)15-19-10-12-21(13-11-19)33(30,31)16-20-8-9-20/h4-7,10-14,20H,8-9,15-16H2,1-3H3,(H,27,28,29). The third-order valence-electron chi connectivity index (χ3n) is 5.84. The molecule has 0 unspecified atom stereocenters. The van der Waals surface area contributed by atoms with Gasteiger partial charge >= 0.3 is 0 Å². The maximum atomic E-state index is 12.6. The topological polar surface area (TPSA) is 85.4 Å². The van der Waals surface area contributed by atoms with Gasteiger partial charge in [-0.05, 0) is 68.0 Å². The lowest BCUT2D eigenvalue weighted by Gasteiger charge is -2.15. The fourth-order valence-electron chi connectivity index (χ4n) is 4.03. The fourth-order valence-corrected chi connectivity index (χ4v) is 5.73. The number of rotatable bonds is 8. The molecule has 3 aromatic rings. The van der Waals surface area contributed by atoms with Crippen LogP contribution in [0.2, 0.25) is 0 Å². The zero-order valence-corrected chi connectivity index (χ0v) is 19.9. The summed E-state index contributed by atoms with van der Waals surface area (Å²) in [6, 6.07) is 16.2. The van der Waals surface area contributed by atoms with Crippen molar-refractivity contribution in [2.75, 3.05) is 18.2 Å². The highest BCUT2D eigenvalue weighted by Crippen LogP contribution is 2.35. The number of benzene rings is 2. The molecule has 6 nitrogen and oxygen atoms in total. The van der Waals surface area contributed by atoms with E-state index in [9.17, 15) is 13.2 Å². The highest BCUT2D eigenvalue weighted by molar-refractivity contribution is 7.91. The second-order valence-corrected chi connectivity index (χ2v) is 10.6. The Morgan fingerprint density at radius 2 is 1.79 bits per heavy atom. The van der Waals surface area contributed by atoms with Gasteiger partial charge in [-0.3, -0.25) is 4.79 Å². The van der Waals surface area contributed by atoms with Crippen molar-refractivity contribution in [2.45, 2.75) is 38.0 Å². The summed E-state index contributed by atoms with van der Waals surface area (Å²) < 4.78 is 30.3. The highest BCUT2D eigenvalue weighted by Gasteiger charge is 2.29. The van der Waals surface area contributed by atoms with Crippen molar-refractivity contribution in [3.63, 3.8) is 0 Å². The molecule has 1 aliphatic rings. The van der Waals surface area contributed by atoms with Crippen LogP contribution in [0.25, 0.3) is 11.1 Å². The van der Waals surface area contributed by atoms with Gasteiger partial charge in [0.15, 0.2) is 9.84 Å². The minimum atomic E-state index is -3.25. The van der Waals surface area contributed by atoms with Crippen LogP contribution in [0.15, 0.2) is 59.5 Å². The lowest BCUT2D eigenvalue weighted by molar-refractivity contribution is -0.115. The van der Waals surface area contributed by atoms with Crippen molar-refractivity contribution in [3.8, 4) is 16.9 Å². The number of pyridine rings is 1. The molecule has 1 heterocycles. The van der Waals surface area contributed by atoms with E-state index in [1.165, 1.54) is 0 Å². The van der Waals surface area contributed by atoms with Gasteiger partial charge in [0.05, 0.1) is 24.2 Å². The molecular weight excluding hydrogens is 436 g/mol. The SMILES string of the molecule is COc1ccccc1-c1c(C)cc(NC(=O)Cc2ccc(S(=O)(=O)CC3CC3)cc2)nc1C. The van der Waals surface area contributed by atoms with Gasteiger partial charge < -0.3 is 10.1 Å². The number of ether oxygens (including phenoxy) is 1. The first-order valence-electron chi connectivity index (χ1n) is 11.0. The number of anilines is 1. The number of carbonyl (C=O) groups is 1. The smallest absolute Gasteiger partial charge is 0.229 e. The van der Waals surface area contributed by atoms with Crippen molar-refractivity contribution in [2.24, 2.45) is 5.92 Å². The Morgan fingerprint density at radius 1 is 1.09 bits per heavy atom. The maximum Gasteiger partial charge on any atom is 0.229 e. The van der Waals surface area contributed by atoms with Crippen LogP contribution in [0.3, 0.4) is 0 Å². The van der Waals surface area contributed by atoms with Gasteiger partial charge in [0.1, 0.15) is 11.6 Å². The van der Waals surface area contributed by atoms with Gasteiger partial charge in [0.2, 0.25) is 5.91 Å². The first-order valence-corrected chi connectivity index (χ1v) is 12.7. The van der Waals surface area contributed by atoms with Gasteiger partial charge in [0, 0.05) is 16.8 Å². The second-order valence-electron chi connectivity index (χ2n) is 8.58. The molecule has 0 spiro atoms. The van der Waals surface area contributed by atoms with Crippen LogP contribution >= 0.6 is 0 Å². The first-order chi connectivity index (χ1) is 15.8. The molecule has 0 saturated heterocycles. The zero-order valence-electron chi connectivity index (χ0n) is 19.1. The number of aromatic nitrogens is 1. The van der Waals surface area contributed by atoms with E-state index in [2.05, 4.69) is 10.3 Å². The first kappa shape index (κ1) is 23.0. The molecule has 1 amide bonds. The third-order valence-corrected chi connectivity index (χ3v) is 7.74. The normalized spacial score (nSPS) is 13.5. The summed E-state index contributed by atoms with van der Waals surface area (Å²) >= 11 is 0. The molecule has 2 aromatic carbocycles. The summed E-state index contributed by atoms with van der Waals surface area (Å²) in [5, 5.41) is 2.86. The maximum absolute atomic E-state index is 12.6. The highest BCUT2D eigenvalue weighted by atomic mass is 32.2. The summed E-state index contributed by atoms with van der Waals surface area (Å²) in [6.07, 6.45) is 2.12. The molecule has 0 radical (unpaired) electrons. The summed E-state index contributed by atoms with van der Waals surface area (Å²) in [5.41, 5.74) is 4.45. The summed E-state index contributed by atoms with van der Waals surface area (Å²) in [5.74, 6) is 1.55. The predicted octanol–water partition coefficient (Wildman–Crippen LogP) is 4.74. The number of hydrogen-bond donors (Lipinski definition) is 1. The molecule has 0 aliphatic heterocycles.